The Balaban J connectivity index is 0.00000242. The van der Waals surface area contributed by atoms with E-state index in [4.69, 9.17) is 14.3 Å². The molecule has 0 bridgehead atoms. The van der Waals surface area contributed by atoms with Gasteiger partial charge in [-0.05, 0) is 50.0 Å². The third kappa shape index (κ3) is 11.7. The Morgan fingerprint density at radius 2 is 1.64 bits per heavy atom. The molecule has 0 saturated carbocycles. The fourth-order valence-electron chi connectivity index (χ4n) is 3.12. The second-order valence-corrected chi connectivity index (χ2v) is 6.87. The molecule has 1 aromatic carbocycles. The average Bonchev–Trinajstić information content (AvgIpc) is 2.79. The molecule has 1 aliphatic rings. The van der Waals surface area contributed by atoms with E-state index in [1.807, 2.05) is 18.5 Å². The Labute approximate surface area is 187 Å². The molecule has 0 unspecified atom stereocenters. The summed E-state index contributed by atoms with van der Waals surface area (Å²) in [4.78, 5) is 30.2. The molecule has 1 fully saturated rings. The van der Waals surface area contributed by atoms with Gasteiger partial charge in [-0.1, -0.05) is 0 Å². The minimum absolute atomic E-state index is 0.0641. The summed E-state index contributed by atoms with van der Waals surface area (Å²) in [6.45, 7) is 5.55. The molecular formula is C20H27F6N3O4. The van der Waals surface area contributed by atoms with Crippen molar-refractivity contribution in [3.05, 3.63) is 29.3 Å². The number of rotatable bonds is 7. The van der Waals surface area contributed by atoms with Crippen molar-refractivity contribution in [3.63, 3.8) is 0 Å². The van der Waals surface area contributed by atoms with Crippen molar-refractivity contribution in [1.29, 1.82) is 0 Å². The summed E-state index contributed by atoms with van der Waals surface area (Å²) in [6.07, 6.45) is -7.64. The van der Waals surface area contributed by atoms with Gasteiger partial charge in [0.1, 0.15) is 19.3 Å². The lowest BCUT2D eigenvalue weighted by Crippen LogP contribution is -2.43. The number of hydrogen-bond donors (Lipinski definition) is 2. The Kier molecular flexibility index (Phi) is 13.3. The largest absolute Gasteiger partial charge is 0.497 e. The van der Waals surface area contributed by atoms with Gasteiger partial charge >= 0.3 is 12.5 Å². The van der Waals surface area contributed by atoms with E-state index in [-0.39, 0.29) is 36.9 Å². The maximum atomic E-state index is 13.0. The molecule has 188 valence electrons. The Hall–Kier alpha value is -2.67. The van der Waals surface area contributed by atoms with Crippen molar-refractivity contribution in [2.24, 2.45) is 5.92 Å². The third-order valence-corrected chi connectivity index (χ3v) is 4.74. The number of piperidine rings is 1. The summed E-state index contributed by atoms with van der Waals surface area (Å²) in [6, 6.07) is 2.83. The molecule has 0 aromatic heterocycles. The molecule has 1 aliphatic heterocycles. The minimum atomic E-state index is -4.60. The number of ether oxygens (including phenoxy) is 1. The van der Waals surface area contributed by atoms with Crippen LogP contribution in [0, 0.1) is 5.92 Å². The molecule has 13 heteroatoms. The second-order valence-electron chi connectivity index (χ2n) is 6.87. The summed E-state index contributed by atoms with van der Waals surface area (Å²) in [5.74, 6) is -0.588. The van der Waals surface area contributed by atoms with Crippen LogP contribution in [0.5, 0.6) is 5.75 Å². The summed E-state index contributed by atoms with van der Waals surface area (Å²) < 4.78 is 80.0. The lowest BCUT2D eigenvalue weighted by molar-refractivity contribution is -0.157. The van der Waals surface area contributed by atoms with Crippen molar-refractivity contribution in [2.75, 3.05) is 39.8 Å². The minimum Gasteiger partial charge on any atom is -0.497 e. The van der Waals surface area contributed by atoms with E-state index in [0.717, 1.165) is 12.1 Å². The van der Waals surface area contributed by atoms with Crippen LogP contribution in [0.3, 0.4) is 0 Å². The molecule has 0 atom stereocenters. The first-order chi connectivity index (χ1) is 15.5. The molecule has 0 radical (unpaired) electrons. The van der Waals surface area contributed by atoms with Crippen molar-refractivity contribution in [3.8, 4) is 5.75 Å². The zero-order valence-electron chi connectivity index (χ0n) is 18.0. The zero-order valence-corrected chi connectivity index (χ0v) is 18.0. The third-order valence-electron chi connectivity index (χ3n) is 4.74. The Morgan fingerprint density at radius 3 is 2.12 bits per heavy atom. The van der Waals surface area contributed by atoms with Gasteiger partial charge in [0, 0.05) is 25.2 Å². The van der Waals surface area contributed by atoms with Crippen LogP contribution in [0.2, 0.25) is 0 Å². The summed E-state index contributed by atoms with van der Waals surface area (Å²) in [5.41, 5.74) is -1.12. The van der Waals surface area contributed by atoms with E-state index in [2.05, 4.69) is 5.32 Å². The zero-order chi connectivity index (χ0) is 25.7. The van der Waals surface area contributed by atoms with Gasteiger partial charge in [0.2, 0.25) is 0 Å². The molecule has 0 aliphatic carbocycles. The average molecular weight is 487 g/mol. The Bertz CT molecular complexity index is 721. The Morgan fingerprint density at radius 1 is 1.06 bits per heavy atom. The van der Waals surface area contributed by atoms with E-state index >= 15 is 0 Å². The topological polar surface area (TPSA) is 87.7 Å². The van der Waals surface area contributed by atoms with Crippen LogP contribution in [-0.4, -0.2) is 70.5 Å². The highest BCUT2D eigenvalue weighted by Gasteiger charge is 2.32. The normalized spacial score (nSPS) is 14.9. The predicted molar refractivity (Wildman–Crippen MR) is 108 cm³/mol. The predicted octanol–water partition coefficient (Wildman–Crippen LogP) is 2.90. The van der Waals surface area contributed by atoms with Gasteiger partial charge in [-0.2, -0.15) is 26.3 Å². The number of amides is 1. The quantitative estimate of drug-likeness (QED) is 0.455. The first-order valence-corrected chi connectivity index (χ1v) is 9.64. The molecule has 2 rings (SSSR count). The van der Waals surface area contributed by atoms with Crippen LogP contribution in [0.25, 0.3) is 0 Å². The lowest BCUT2D eigenvalue weighted by atomic mass is 9.96. The van der Waals surface area contributed by atoms with Crippen molar-refractivity contribution in [1.82, 2.24) is 15.5 Å². The first-order valence-electron chi connectivity index (χ1n) is 9.64. The summed E-state index contributed by atoms with van der Waals surface area (Å²) >= 11 is 0. The maximum Gasteiger partial charge on any atom is 0.457 e. The molecular weight excluding hydrogens is 460 g/mol. The molecule has 7 nitrogen and oxygen atoms in total. The molecule has 1 saturated heterocycles. The van der Waals surface area contributed by atoms with E-state index < -0.39 is 23.9 Å². The van der Waals surface area contributed by atoms with Crippen LogP contribution in [0.1, 0.15) is 28.8 Å². The molecule has 1 aromatic rings. The number of likely N-dealkylation sites (tertiary alicyclic amines) is 1. The maximum absolute atomic E-state index is 13.0. The van der Waals surface area contributed by atoms with Crippen LogP contribution >= 0.6 is 0 Å². The van der Waals surface area contributed by atoms with Crippen molar-refractivity contribution < 1.29 is 45.5 Å². The second kappa shape index (κ2) is 14.5. The van der Waals surface area contributed by atoms with Crippen molar-refractivity contribution >= 4 is 19.5 Å². The number of alkyl halides is 6. The number of benzene rings is 1. The number of halogens is 6. The molecule has 2 N–H and O–H groups in total. The lowest BCUT2D eigenvalue weighted by Gasteiger charge is -2.32. The van der Waals surface area contributed by atoms with Crippen molar-refractivity contribution in [2.45, 2.75) is 25.3 Å². The molecule has 0 spiro atoms. The fraction of sp³-hybridized carbons (Fsp3) is 0.550. The van der Waals surface area contributed by atoms with Gasteiger partial charge < -0.3 is 24.5 Å². The highest BCUT2D eigenvalue weighted by atomic mass is 19.4. The molecule has 33 heavy (non-hydrogen) atoms. The molecule has 1 heterocycles. The van der Waals surface area contributed by atoms with Crippen LogP contribution in [0.4, 0.5) is 26.3 Å². The smallest absolute Gasteiger partial charge is 0.457 e. The number of nitrogens with zero attached hydrogens (tertiary/aromatic N) is 1. The monoisotopic (exact) mass is 487 g/mol. The van der Waals surface area contributed by atoms with Crippen LogP contribution < -0.4 is 15.4 Å². The van der Waals surface area contributed by atoms with Gasteiger partial charge in [-0.3, -0.25) is 4.79 Å². The van der Waals surface area contributed by atoms with Gasteiger partial charge in [-0.25, -0.2) is 5.32 Å². The van der Waals surface area contributed by atoms with Crippen LogP contribution in [-0.2, 0) is 15.8 Å². The van der Waals surface area contributed by atoms with Gasteiger partial charge in [0.25, 0.3) is 5.91 Å². The highest BCUT2D eigenvalue weighted by Crippen LogP contribution is 2.32. The van der Waals surface area contributed by atoms with Gasteiger partial charge in [-0.15, -0.1) is 0 Å². The van der Waals surface area contributed by atoms with Gasteiger partial charge in [0.15, 0.2) is 0 Å². The fourth-order valence-corrected chi connectivity index (χ4v) is 3.12. The highest BCUT2D eigenvalue weighted by molar-refractivity contribution is 5.94. The van der Waals surface area contributed by atoms with Gasteiger partial charge in [0.05, 0.1) is 12.7 Å². The van der Waals surface area contributed by atoms with E-state index in [9.17, 15) is 31.1 Å². The van der Waals surface area contributed by atoms with E-state index in [0.29, 0.717) is 25.9 Å². The number of carbonyl (C=O) groups is 3. The summed E-state index contributed by atoms with van der Waals surface area (Å²) in [5, 5.41) is 4.11. The number of nitrogens with one attached hydrogen (secondary N) is 2. The van der Waals surface area contributed by atoms with Crippen LogP contribution in [0.15, 0.2) is 18.2 Å². The number of hydrogen-bond acceptors (Lipinski definition) is 6. The number of carbonyl (C=O) groups excluding carboxylic acids is 3. The molecule has 1 amide bonds. The standard InChI is InChI=1S/C18H23F6N3O2.2CH2O/c1-29-15-9-13(8-14(10-15)17(19,20)21)16(28)25-11-12-2-5-27(6-3-12)7-4-26-18(22,23)24;2*1-2/h8-10,12,26H,2-7,11H2,1H3,(H,25,28);2*1H2. The van der Waals surface area contributed by atoms with E-state index in [1.54, 1.807) is 0 Å². The SMILES string of the molecule is C=O.C=O.COc1cc(C(=O)NCC2CCN(CCNC(F)(F)F)CC2)cc(C(F)(F)F)c1. The first kappa shape index (κ1) is 30.3. The summed E-state index contributed by atoms with van der Waals surface area (Å²) in [7, 11) is 1.22. The van der Waals surface area contributed by atoms with E-state index in [1.165, 1.54) is 18.5 Å². The number of methoxy groups -OCH3 is 1.